The number of hydrogen-bond donors (Lipinski definition) is 3. The fraction of sp³-hybridized carbons (Fsp3) is 0.537. The Morgan fingerprint density at radius 3 is 2.33 bits per heavy atom. The number of hydrogen-bond acceptors (Lipinski definition) is 9. The first kappa shape index (κ1) is 36.3. The lowest BCUT2D eigenvalue weighted by Gasteiger charge is -2.40. The average molecular weight is 741 g/mol. The SMILES string of the molecule is O=C1CCC(Nc2ccc(N3CCN(CC4CCN(C(=O)C5CCC(Nc6ncc(F)c(-c7cccc(C8CC8)c7)n6)CC5)CC4)CC3)c(F)c2)C(=O)N1. The number of nitrogens with one attached hydrogen (secondary N) is 3. The summed E-state index contributed by atoms with van der Waals surface area (Å²) in [5.41, 5.74) is 3.43. The van der Waals surface area contributed by atoms with Gasteiger partial charge < -0.3 is 20.4 Å². The van der Waals surface area contributed by atoms with E-state index in [1.165, 1.54) is 30.7 Å². The third-order valence-electron chi connectivity index (χ3n) is 12.0. The van der Waals surface area contributed by atoms with Crippen molar-refractivity contribution in [2.75, 3.05) is 61.3 Å². The largest absolute Gasteiger partial charge is 0.374 e. The molecule has 11 nitrogen and oxygen atoms in total. The summed E-state index contributed by atoms with van der Waals surface area (Å²) in [6.45, 7) is 5.74. The van der Waals surface area contributed by atoms with Crippen LogP contribution in [0.3, 0.4) is 0 Å². The fourth-order valence-electron chi connectivity index (χ4n) is 8.68. The summed E-state index contributed by atoms with van der Waals surface area (Å²) in [7, 11) is 0. The minimum Gasteiger partial charge on any atom is -0.374 e. The Kier molecular flexibility index (Phi) is 10.8. The van der Waals surface area contributed by atoms with Crippen LogP contribution in [0.1, 0.15) is 75.7 Å². The van der Waals surface area contributed by atoms with Crippen LogP contribution in [0.2, 0.25) is 0 Å². The van der Waals surface area contributed by atoms with E-state index in [4.69, 9.17) is 0 Å². The maximum absolute atomic E-state index is 15.2. The summed E-state index contributed by atoms with van der Waals surface area (Å²) in [4.78, 5) is 52.4. The number of aromatic nitrogens is 2. The van der Waals surface area contributed by atoms with E-state index >= 15 is 4.39 Å². The number of likely N-dealkylation sites (tertiary alicyclic amines) is 1. The van der Waals surface area contributed by atoms with Gasteiger partial charge in [-0.25, -0.2) is 18.7 Å². The van der Waals surface area contributed by atoms with Gasteiger partial charge in [0.1, 0.15) is 17.6 Å². The highest BCUT2D eigenvalue weighted by molar-refractivity contribution is 6.01. The molecule has 0 spiro atoms. The number of piperazine rings is 1. The van der Waals surface area contributed by atoms with E-state index in [0.717, 1.165) is 89.9 Å². The quantitative estimate of drug-likeness (QED) is 0.230. The van der Waals surface area contributed by atoms with Crippen LogP contribution in [0.4, 0.5) is 26.1 Å². The van der Waals surface area contributed by atoms with Gasteiger partial charge in [-0.2, -0.15) is 0 Å². The molecule has 3 N–H and O–H groups in total. The number of rotatable bonds is 10. The first-order valence-electron chi connectivity index (χ1n) is 19.8. The van der Waals surface area contributed by atoms with Crippen LogP contribution >= 0.6 is 0 Å². The fourth-order valence-corrected chi connectivity index (χ4v) is 8.68. The molecule has 3 aromatic rings. The Morgan fingerprint density at radius 1 is 0.833 bits per heavy atom. The van der Waals surface area contributed by atoms with Crippen LogP contribution in [0.15, 0.2) is 48.7 Å². The molecule has 54 heavy (non-hydrogen) atoms. The Morgan fingerprint density at radius 2 is 1.61 bits per heavy atom. The second-order valence-electron chi connectivity index (χ2n) is 15.9. The van der Waals surface area contributed by atoms with Crippen molar-refractivity contribution in [1.82, 2.24) is 25.1 Å². The van der Waals surface area contributed by atoms with Crippen molar-refractivity contribution >= 4 is 35.0 Å². The van der Waals surface area contributed by atoms with Gasteiger partial charge in [0, 0.05) is 75.4 Å². The highest BCUT2D eigenvalue weighted by Crippen LogP contribution is 2.41. The molecular weight excluding hydrogens is 690 g/mol. The lowest BCUT2D eigenvalue weighted by Crippen LogP contribution is -2.50. The number of halogens is 2. The second kappa shape index (κ2) is 16.0. The lowest BCUT2D eigenvalue weighted by molar-refractivity contribution is -0.138. The van der Waals surface area contributed by atoms with Gasteiger partial charge in [-0.15, -0.1) is 0 Å². The van der Waals surface area contributed by atoms with E-state index in [9.17, 15) is 18.8 Å². The molecule has 2 saturated carbocycles. The molecule has 2 aromatic carbocycles. The van der Waals surface area contributed by atoms with Crippen molar-refractivity contribution in [3.05, 3.63) is 65.9 Å². The van der Waals surface area contributed by atoms with Crippen molar-refractivity contribution in [3.63, 3.8) is 0 Å². The molecule has 4 heterocycles. The molecule has 1 unspecified atom stereocenters. The van der Waals surface area contributed by atoms with Crippen LogP contribution in [-0.2, 0) is 14.4 Å². The maximum Gasteiger partial charge on any atom is 0.249 e. The van der Waals surface area contributed by atoms with Crippen molar-refractivity contribution in [2.24, 2.45) is 11.8 Å². The molecule has 286 valence electrons. The smallest absolute Gasteiger partial charge is 0.249 e. The number of amides is 3. The Bertz CT molecular complexity index is 1850. The van der Waals surface area contributed by atoms with E-state index in [1.807, 2.05) is 18.2 Å². The Labute approximate surface area is 315 Å². The minimum atomic E-state index is -0.551. The van der Waals surface area contributed by atoms with Crippen LogP contribution in [0.5, 0.6) is 0 Å². The number of anilines is 3. The third kappa shape index (κ3) is 8.51. The topological polar surface area (TPSA) is 123 Å². The molecule has 3 amide bonds. The van der Waals surface area contributed by atoms with Crippen molar-refractivity contribution in [3.8, 4) is 11.3 Å². The molecule has 13 heteroatoms. The monoisotopic (exact) mass is 740 g/mol. The lowest BCUT2D eigenvalue weighted by atomic mass is 9.84. The Hall–Kier alpha value is -4.65. The second-order valence-corrected chi connectivity index (χ2v) is 15.9. The minimum absolute atomic E-state index is 0.0326. The first-order valence-corrected chi connectivity index (χ1v) is 19.8. The molecule has 5 aliphatic rings. The van der Waals surface area contributed by atoms with E-state index in [2.05, 4.69) is 46.7 Å². The van der Waals surface area contributed by atoms with Crippen LogP contribution in [0, 0.1) is 23.5 Å². The highest BCUT2D eigenvalue weighted by Gasteiger charge is 2.33. The first-order chi connectivity index (χ1) is 26.3. The van der Waals surface area contributed by atoms with E-state index in [1.54, 1.807) is 12.1 Å². The van der Waals surface area contributed by atoms with Crippen molar-refractivity contribution < 1.29 is 23.2 Å². The van der Waals surface area contributed by atoms with Gasteiger partial charge in [-0.3, -0.25) is 24.6 Å². The molecular formula is C41H50F2N8O3. The van der Waals surface area contributed by atoms with Gasteiger partial charge in [-0.05, 0) is 99.5 Å². The number of carbonyl (C=O) groups excluding carboxylic acids is 3. The van der Waals surface area contributed by atoms with Crippen LogP contribution in [-0.4, -0.2) is 95.4 Å². The number of carbonyl (C=O) groups is 3. The molecule has 8 rings (SSSR count). The molecule has 0 bridgehead atoms. The molecule has 3 saturated heterocycles. The summed E-state index contributed by atoms with van der Waals surface area (Å²) >= 11 is 0. The Balaban J connectivity index is 0.749. The standard InChI is InChI=1S/C41H50F2N8O3/c42-33-23-32(45-35-11-13-37(52)47-39(35)53)10-12-36(33)50-20-18-49(19-21-50)25-26-14-16-51(17-15-26)40(54)28-6-8-31(9-7-28)46-41-44-24-34(43)38(48-41)30-3-1-2-29(22-30)27-4-5-27/h1-3,10,12,22-24,26-28,31,35,45H,4-9,11,13-21,25H2,(H,44,46,48)(H,47,52,53). The molecule has 2 aliphatic carbocycles. The zero-order valence-corrected chi connectivity index (χ0v) is 30.7. The number of piperidine rings is 2. The molecule has 5 fully saturated rings. The summed E-state index contributed by atoms with van der Waals surface area (Å²) < 4.78 is 29.9. The maximum atomic E-state index is 15.2. The predicted octanol–water partition coefficient (Wildman–Crippen LogP) is 5.55. The van der Waals surface area contributed by atoms with Gasteiger partial charge in [-0.1, -0.05) is 18.2 Å². The normalized spacial score (nSPS) is 24.3. The van der Waals surface area contributed by atoms with Gasteiger partial charge in [0.25, 0.3) is 0 Å². The molecule has 0 radical (unpaired) electrons. The highest BCUT2D eigenvalue weighted by atomic mass is 19.1. The van der Waals surface area contributed by atoms with E-state index < -0.39 is 11.9 Å². The molecule has 1 aromatic heterocycles. The summed E-state index contributed by atoms with van der Waals surface area (Å²) in [6.07, 6.45) is 9.59. The summed E-state index contributed by atoms with van der Waals surface area (Å²) in [6, 6.07) is 12.6. The van der Waals surface area contributed by atoms with Gasteiger partial charge >= 0.3 is 0 Å². The summed E-state index contributed by atoms with van der Waals surface area (Å²) in [5.74, 6) is 0.445. The zero-order valence-electron chi connectivity index (χ0n) is 30.7. The van der Waals surface area contributed by atoms with Crippen molar-refractivity contribution in [1.29, 1.82) is 0 Å². The predicted molar refractivity (Wildman–Crippen MR) is 203 cm³/mol. The molecule has 3 aliphatic heterocycles. The van der Waals surface area contributed by atoms with E-state index in [0.29, 0.717) is 41.3 Å². The molecule has 1 atom stereocenters. The van der Waals surface area contributed by atoms with Gasteiger partial charge in [0.05, 0.1) is 11.9 Å². The number of benzene rings is 2. The zero-order chi connectivity index (χ0) is 37.2. The number of imide groups is 1. The summed E-state index contributed by atoms with van der Waals surface area (Å²) in [5, 5.41) is 8.80. The van der Waals surface area contributed by atoms with Crippen LogP contribution < -0.4 is 20.9 Å². The van der Waals surface area contributed by atoms with Crippen LogP contribution in [0.25, 0.3) is 11.3 Å². The third-order valence-corrected chi connectivity index (χ3v) is 12.0. The number of nitrogens with zero attached hydrogens (tertiary/aromatic N) is 5. The van der Waals surface area contributed by atoms with Crippen molar-refractivity contribution in [2.45, 2.75) is 82.2 Å². The average Bonchev–Trinajstić information content (AvgIpc) is 4.04. The van der Waals surface area contributed by atoms with Gasteiger partial charge in [0.15, 0.2) is 5.82 Å². The van der Waals surface area contributed by atoms with E-state index in [-0.39, 0.29) is 41.9 Å². The van der Waals surface area contributed by atoms with Gasteiger partial charge in [0.2, 0.25) is 23.7 Å².